The summed E-state index contributed by atoms with van der Waals surface area (Å²) >= 11 is 5.88. The average Bonchev–Trinajstić information content (AvgIpc) is 3.17. The van der Waals surface area contributed by atoms with Crippen molar-refractivity contribution in [1.82, 2.24) is 20.2 Å². The lowest BCUT2D eigenvalue weighted by molar-refractivity contribution is -0.149. The standard InChI is InChI=1S/C19H18ClFN4O3/c1-3-16(19(26)28-11-12-4-9-17(27-2)15(21)10-12)25-23-18(22-24-25)13-5-7-14(20)8-6-13/h4-10,16H,3,11H2,1-2H3. The third-order valence-electron chi connectivity index (χ3n) is 4.07. The molecule has 0 fully saturated rings. The Bertz CT molecular complexity index is 962. The fraction of sp³-hybridized carbons (Fsp3) is 0.263. The largest absolute Gasteiger partial charge is 0.494 e. The van der Waals surface area contributed by atoms with Gasteiger partial charge in [0.15, 0.2) is 17.6 Å². The van der Waals surface area contributed by atoms with Crippen LogP contribution in [0.5, 0.6) is 5.75 Å². The van der Waals surface area contributed by atoms with Crippen LogP contribution < -0.4 is 4.74 Å². The summed E-state index contributed by atoms with van der Waals surface area (Å²) in [4.78, 5) is 13.7. The average molecular weight is 405 g/mol. The Morgan fingerprint density at radius 3 is 2.64 bits per heavy atom. The Balaban J connectivity index is 1.68. The van der Waals surface area contributed by atoms with Gasteiger partial charge in [0.25, 0.3) is 0 Å². The molecule has 0 saturated heterocycles. The van der Waals surface area contributed by atoms with Crippen molar-refractivity contribution in [1.29, 1.82) is 0 Å². The summed E-state index contributed by atoms with van der Waals surface area (Å²) in [7, 11) is 1.38. The Morgan fingerprint density at radius 2 is 2.00 bits per heavy atom. The highest BCUT2D eigenvalue weighted by Crippen LogP contribution is 2.21. The van der Waals surface area contributed by atoms with Gasteiger partial charge in [0.2, 0.25) is 5.82 Å². The molecule has 28 heavy (non-hydrogen) atoms. The van der Waals surface area contributed by atoms with Gasteiger partial charge in [0.1, 0.15) is 6.61 Å². The van der Waals surface area contributed by atoms with E-state index in [1.807, 2.05) is 6.92 Å². The van der Waals surface area contributed by atoms with Crippen molar-refractivity contribution in [2.45, 2.75) is 26.0 Å². The molecule has 0 bridgehead atoms. The molecule has 0 saturated carbocycles. The highest BCUT2D eigenvalue weighted by atomic mass is 35.5. The van der Waals surface area contributed by atoms with Crippen molar-refractivity contribution in [2.24, 2.45) is 0 Å². The summed E-state index contributed by atoms with van der Waals surface area (Å²) in [5.74, 6) is -0.546. The molecule has 0 aliphatic carbocycles. The zero-order valence-electron chi connectivity index (χ0n) is 15.3. The van der Waals surface area contributed by atoms with Gasteiger partial charge in [-0.25, -0.2) is 9.18 Å². The molecule has 1 atom stereocenters. The second-order valence-electron chi connectivity index (χ2n) is 5.94. The number of methoxy groups -OCH3 is 1. The number of ether oxygens (including phenoxy) is 2. The molecule has 0 amide bonds. The van der Waals surface area contributed by atoms with Crippen LogP contribution in [0.25, 0.3) is 11.4 Å². The summed E-state index contributed by atoms with van der Waals surface area (Å²) in [5.41, 5.74) is 1.24. The molecular weight excluding hydrogens is 387 g/mol. The molecule has 1 heterocycles. The summed E-state index contributed by atoms with van der Waals surface area (Å²) in [5, 5.41) is 12.8. The first-order valence-electron chi connectivity index (χ1n) is 8.56. The molecule has 0 aliphatic rings. The minimum absolute atomic E-state index is 0.0744. The maximum Gasteiger partial charge on any atom is 0.333 e. The van der Waals surface area contributed by atoms with E-state index in [9.17, 15) is 9.18 Å². The Hall–Kier alpha value is -3.00. The van der Waals surface area contributed by atoms with Crippen LogP contribution in [0.1, 0.15) is 24.9 Å². The fourth-order valence-corrected chi connectivity index (χ4v) is 2.67. The molecular formula is C19H18ClFN4O3. The molecule has 0 N–H and O–H groups in total. The number of hydrogen-bond acceptors (Lipinski definition) is 6. The van der Waals surface area contributed by atoms with E-state index in [4.69, 9.17) is 21.1 Å². The van der Waals surface area contributed by atoms with Crippen LogP contribution in [-0.2, 0) is 16.1 Å². The van der Waals surface area contributed by atoms with Crippen LogP contribution in [0.4, 0.5) is 4.39 Å². The minimum Gasteiger partial charge on any atom is -0.494 e. The van der Waals surface area contributed by atoms with Crippen LogP contribution in [0.3, 0.4) is 0 Å². The zero-order valence-corrected chi connectivity index (χ0v) is 16.1. The molecule has 0 spiro atoms. The van der Waals surface area contributed by atoms with Crippen molar-refractivity contribution >= 4 is 17.6 Å². The Kier molecular flexibility index (Phi) is 6.20. The van der Waals surface area contributed by atoms with Crippen molar-refractivity contribution in [2.75, 3.05) is 7.11 Å². The van der Waals surface area contributed by atoms with Gasteiger partial charge in [-0.3, -0.25) is 0 Å². The Labute approximate surface area is 166 Å². The van der Waals surface area contributed by atoms with Gasteiger partial charge < -0.3 is 9.47 Å². The first kappa shape index (κ1) is 19.8. The number of aromatic nitrogens is 4. The topological polar surface area (TPSA) is 79.1 Å². The molecule has 2 aromatic carbocycles. The van der Waals surface area contributed by atoms with Gasteiger partial charge in [-0.15, -0.1) is 15.0 Å². The van der Waals surface area contributed by atoms with Gasteiger partial charge in [-0.05, 0) is 53.6 Å². The van der Waals surface area contributed by atoms with Crippen LogP contribution in [-0.4, -0.2) is 33.3 Å². The molecule has 146 valence electrons. The predicted octanol–water partition coefficient (Wildman–Crippen LogP) is 3.84. The quantitative estimate of drug-likeness (QED) is 0.557. The van der Waals surface area contributed by atoms with Crippen LogP contribution in [0.15, 0.2) is 42.5 Å². The number of nitrogens with zero attached hydrogens (tertiary/aromatic N) is 4. The number of carbonyl (C=O) groups is 1. The van der Waals surface area contributed by atoms with Gasteiger partial charge in [0.05, 0.1) is 7.11 Å². The summed E-state index contributed by atoms with van der Waals surface area (Å²) in [6, 6.07) is 10.6. The van der Waals surface area contributed by atoms with E-state index in [-0.39, 0.29) is 12.4 Å². The number of rotatable bonds is 7. The molecule has 3 aromatic rings. The van der Waals surface area contributed by atoms with Crippen molar-refractivity contribution < 1.29 is 18.7 Å². The number of halogens is 2. The van der Waals surface area contributed by atoms with E-state index in [1.165, 1.54) is 24.0 Å². The highest BCUT2D eigenvalue weighted by Gasteiger charge is 2.23. The van der Waals surface area contributed by atoms with E-state index in [1.54, 1.807) is 30.3 Å². The zero-order chi connectivity index (χ0) is 20.1. The minimum atomic E-state index is -0.739. The van der Waals surface area contributed by atoms with Gasteiger partial charge in [-0.2, -0.15) is 0 Å². The number of esters is 1. The predicted molar refractivity (Wildman–Crippen MR) is 100 cm³/mol. The van der Waals surface area contributed by atoms with Gasteiger partial charge >= 0.3 is 5.97 Å². The second-order valence-corrected chi connectivity index (χ2v) is 6.38. The van der Waals surface area contributed by atoms with E-state index in [0.29, 0.717) is 22.8 Å². The fourth-order valence-electron chi connectivity index (χ4n) is 2.55. The monoisotopic (exact) mass is 404 g/mol. The van der Waals surface area contributed by atoms with Crippen molar-refractivity contribution in [3.05, 3.63) is 58.9 Å². The smallest absolute Gasteiger partial charge is 0.333 e. The van der Waals surface area contributed by atoms with Crippen molar-refractivity contribution in [3.8, 4) is 17.1 Å². The number of tetrazole rings is 1. The number of hydrogen-bond donors (Lipinski definition) is 0. The molecule has 3 rings (SSSR count). The van der Waals surface area contributed by atoms with Gasteiger partial charge in [-0.1, -0.05) is 24.6 Å². The molecule has 0 aliphatic heterocycles. The summed E-state index contributed by atoms with van der Waals surface area (Å²) in [6.07, 6.45) is 0.409. The first-order chi connectivity index (χ1) is 13.5. The maximum absolute atomic E-state index is 13.7. The van der Waals surface area contributed by atoms with E-state index >= 15 is 0 Å². The third kappa shape index (κ3) is 4.45. The highest BCUT2D eigenvalue weighted by molar-refractivity contribution is 6.30. The SMILES string of the molecule is CCC(C(=O)OCc1ccc(OC)c(F)c1)n1nnc(-c2ccc(Cl)cc2)n1. The van der Waals surface area contributed by atoms with Gasteiger partial charge in [0, 0.05) is 10.6 Å². The normalized spacial score (nSPS) is 11.9. The van der Waals surface area contributed by atoms with E-state index < -0.39 is 17.8 Å². The van der Waals surface area contributed by atoms with Crippen LogP contribution in [0, 0.1) is 5.82 Å². The maximum atomic E-state index is 13.7. The van der Waals surface area contributed by atoms with Crippen LogP contribution >= 0.6 is 11.6 Å². The second kappa shape index (κ2) is 8.79. The molecule has 1 unspecified atom stereocenters. The summed E-state index contributed by atoms with van der Waals surface area (Å²) < 4.78 is 23.9. The third-order valence-corrected chi connectivity index (χ3v) is 4.32. The molecule has 0 radical (unpaired) electrons. The lowest BCUT2D eigenvalue weighted by Crippen LogP contribution is -2.23. The molecule has 9 heteroatoms. The number of benzene rings is 2. The van der Waals surface area contributed by atoms with E-state index in [2.05, 4.69) is 15.4 Å². The lowest BCUT2D eigenvalue weighted by Gasteiger charge is -2.13. The Morgan fingerprint density at radius 1 is 1.25 bits per heavy atom. The molecule has 7 nitrogen and oxygen atoms in total. The number of carbonyl (C=O) groups excluding carboxylic acids is 1. The first-order valence-corrected chi connectivity index (χ1v) is 8.94. The van der Waals surface area contributed by atoms with Crippen LogP contribution in [0.2, 0.25) is 5.02 Å². The molecule has 1 aromatic heterocycles. The van der Waals surface area contributed by atoms with E-state index in [0.717, 1.165) is 5.56 Å². The van der Waals surface area contributed by atoms with Crippen molar-refractivity contribution in [3.63, 3.8) is 0 Å². The lowest BCUT2D eigenvalue weighted by atomic mass is 10.2. The summed E-state index contributed by atoms with van der Waals surface area (Å²) in [6.45, 7) is 1.74.